The molecule has 2 saturated heterocycles. The number of fused-ring (bicyclic) bond motifs is 1. The van der Waals surface area contributed by atoms with Crippen LogP contribution in [-0.4, -0.2) is 47.5 Å². The van der Waals surface area contributed by atoms with Crippen LogP contribution >= 0.6 is 11.6 Å². The van der Waals surface area contributed by atoms with Gasteiger partial charge in [0, 0.05) is 5.41 Å². The summed E-state index contributed by atoms with van der Waals surface area (Å²) >= 11 is 6.17. The molecule has 0 aromatic heterocycles. The second kappa shape index (κ2) is 4.24. The Morgan fingerprint density at radius 1 is 1.47 bits per heavy atom. The molecule has 0 bridgehead atoms. The van der Waals surface area contributed by atoms with Crippen molar-refractivity contribution >= 4 is 23.7 Å². The van der Waals surface area contributed by atoms with E-state index in [-0.39, 0.29) is 5.41 Å². The molecule has 2 rings (SSSR count). The average molecular weight is 292 g/mol. The van der Waals surface area contributed by atoms with Gasteiger partial charge in [0.1, 0.15) is 12.3 Å². The van der Waals surface area contributed by atoms with E-state index < -0.39 is 35.5 Å². The molecule has 0 spiro atoms. The highest BCUT2D eigenvalue weighted by molar-refractivity contribution is 6.35. The summed E-state index contributed by atoms with van der Waals surface area (Å²) in [7, 11) is 1.27. The van der Waals surface area contributed by atoms with Crippen molar-refractivity contribution in [3.63, 3.8) is 0 Å². The van der Waals surface area contributed by atoms with Crippen molar-refractivity contribution in [3.8, 4) is 0 Å². The number of ether oxygens (including phenoxy) is 3. The summed E-state index contributed by atoms with van der Waals surface area (Å²) in [4.78, 5) is 23.6. The van der Waals surface area contributed by atoms with E-state index in [2.05, 4.69) is 0 Å². The Kier molecular flexibility index (Phi) is 3.22. The number of esters is 1. The molecule has 0 radical (unpaired) electrons. The van der Waals surface area contributed by atoms with Gasteiger partial charge in [-0.05, 0) is 6.92 Å². The van der Waals surface area contributed by atoms with E-state index in [1.54, 1.807) is 0 Å². The molecule has 2 fully saturated rings. The van der Waals surface area contributed by atoms with Gasteiger partial charge < -0.3 is 14.2 Å². The molecular weight excluding hydrogens is 274 g/mol. The molecule has 0 saturated carbocycles. The van der Waals surface area contributed by atoms with Crippen molar-refractivity contribution in [2.75, 3.05) is 7.11 Å². The summed E-state index contributed by atoms with van der Waals surface area (Å²) in [6, 6.07) is 0. The second-order valence-corrected chi connectivity index (χ2v) is 6.81. The average Bonchev–Trinajstić information content (AvgIpc) is 2.75. The molecule has 0 aliphatic carbocycles. The molecule has 4 atom stereocenters. The Labute approximate surface area is 116 Å². The number of methoxy groups -OCH3 is 1. The van der Waals surface area contributed by atoms with Gasteiger partial charge in [-0.15, -0.1) is 11.6 Å². The maximum Gasteiger partial charge on any atom is 0.414 e. The topological polar surface area (TPSA) is 65.1 Å². The lowest BCUT2D eigenvalue weighted by Crippen LogP contribution is -2.48. The maximum absolute atomic E-state index is 11.9. The van der Waals surface area contributed by atoms with Gasteiger partial charge in [-0.3, -0.25) is 0 Å². The third kappa shape index (κ3) is 2.07. The predicted molar refractivity (Wildman–Crippen MR) is 66.5 cm³/mol. The van der Waals surface area contributed by atoms with E-state index >= 15 is 0 Å². The first kappa shape index (κ1) is 14.4. The number of nitrogens with zero attached hydrogens (tertiary/aromatic N) is 1. The predicted octanol–water partition coefficient (Wildman–Crippen LogP) is 1.71. The van der Waals surface area contributed by atoms with Gasteiger partial charge >= 0.3 is 12.1 Å². The fraction of sp³-hybridized carbons (Fsp3) is 0.833. The zero-order chi connectivity index (χ0) is 14.6. The molecule has 2 heterocycles. The fourth-order valence-electron chi connectivity index (χ4n) is 2.33. The van der Waals surface area contributed by atoms with Crippen LogP contribution in [0.5, 0.6) is 0 Å². The maximum atomic E-state index is 11.9. The summed E-state index contributed by atoms with van der Waals surface area (Å²) in [6.07, 6.45) is -2.72. The lowest BCUT2D eigenvalue weighted by atomic mass is 9.94. The third-order valence-corrected chi connectivity index (χ3v) is 3.72. The van der Waals surface area contributed by atoms with Gasteiger partial charge in [0.2, 0.25) is 6.23 Å². The minimum absolute atomic E-state index is 0.363. The number of carbonyl (C=O) groups excluding carboxylic acids is 2. The highest BCUT2D eigenvalue weighted by Crippen LogP contribution is 2.45. The Morgan fingerprint density at radius 2 is 2.05 bits per heavy atom. The lowest BCUT2D eigenvalue weighted by molar-refractivity contribution is -0.152. The first-order valence-corrected chi connectivity index (χ1v) is 6.40. The number of alkyl halides is 1. The van der Waals surface area contributed by atoms with E-state index in [1.807, 2.05) is 20.8 Å². The molecule has 0 N–H and O–H groups in total. The molecule has 1 amide bonds. The highest BCUT2D eigenvalue weighted by Gasteiger charge is 2.65. The van der Waals surface area contributed by atoms with Crippen LogP contribution < -0.4 is 0 Å². The molecular formula is C12H18ClNO5. The Bertz CT molecular complexity index is 417. The molecule has 2 aliphatic rings. The summed E-state index contributed by atoms with van der Waals surface area (Å²) in [5, 5.41) is 0. The smallest absolute Gasteiger partial charge is 0.414 e. The Balaban J connectivity index is 2.37. The number of hydrogen-bond donors (Lipinski definition) is 0. The van der Waals surface area contributed by atoms with E-state index in [0.29, 0.717) is 0 Å². The minimum Gasteiger partial charge on any atom is -0.453 e. The second-order valence-electron chi connectivity index (χ2n) is 6.02. The van der Waals surface area contributed by atoms with E-state index in [4.69, 9.17) is 25.8 Å². The van der Waals surface area contributed by atoms with Crippen LogP contribution in [0.1, 0.15) is 27.7 Å². The number of rotatable bonds is 0. The van der Waals surface area contributed by atoms with E-state index in [9.17, 15) is 9.59 Å². The summed E-state index contributed by atoms with van der Waals surface area (Å²) in [6.45, 7) is 7.29. The molecule has 0 aromatic carbocycles. The SMILES string of the molecule is COC(=O)N1C2OC(=O)[C@](C)(Cl)C2O[C@@H]1C(C)(C)C. The molecule has 19 heavy (non-hydrogen) atoms. The Hall–Kier alpha value is -1.01. The first-order chi connectivity index (χ1) is 8.60. The van der Waals surface area contributed by atoms with Gasteiger partial charge in [-0.2, -0.15) is 0 Å². The van der Waals surface area contributed by atoms with Crippen molar-refractivity contribution in [1.29, 1.82) is 0 Å². The molecule has 2 aliphatic heterocycles. The van der Waals surface area contributed by atoms with Gasteiger partial charge in [-0.1, -0.05) is 20.8 Å². The normalized spacial score (nSPS) is 38.1. The number of amides is 1. The minimum atomic E-state index is -1.29. The fourth-order valence-corrected chi connectivity index (χ4v) is 2.54. The largest absolute Gasteiger partial charge is 0.453 e. The Morgan fingerprint density at radius 3 is 2.53 bits per heavy atom. The lowest BCUT2D eigenvalue weighted by Gasteiger charge is -2.34. The molecule has 7 heteroatoms. The van der Waals surface area contributed by atoms with Crippen LogP contribution in [0.15, 0.2) is 0 Å². The monoisotopic (exact) mass is 291 g/mol. The van der Waals surface area contributed by atoms with Crippen LogP contribution in [0.4, 0.5) is 4.79 Å². The molecule has 2 unspecified atom stereocenters. The number of halogens is 1. The summed E-state index contributed by atoms with van der Waals surface area (Å²) in [5.74, 6) is -0.592. The van der Waals surface area contributed by atoms with E-state index in [0.717, 1.165) is 0 Å². The van der Waals surface area contributed by atoms with Crippen molar-refractivity contribution in [1.82, 2.24) is 4.90 Å². The van der Waals surface area contributed by atoms with Crippen LogP contribution in [-0.2, 0) is 19.0 Å². The number of carbonyl (C=O) groups is 2. The van der Waals surface area contributed by atoms with Crippen molar-refractivity contribution < 1.29 is 23.8 Å². The van der Waals surface area contributed by atoms with Crippen LogP contribution in [0, 0.1) is 5.41 Å². The standard InChI is InChI=1S/C12H18ClNO5/c1-11(2,3)8-14(10(16)17-5)7-6(18-8)12(4,13)9(15)19-7/h6-8H,1-5H3/t6?,7?,8-,12-/m1/s1. The summed E-state index contributed by atoms with van der Waals surface area (Å²) in [5.41, 5.74) is -0.363. The quantitative estimate of drug-likeness (QED) is 0.502. The van der Waals surface area contributed by atoms with Crippen LogP contribution in [0.3, 0.4) is 0 Å². The van der Waals surface area contributed by atoms with Crippen LogP contribution in [0.2, 0.25) is 0 Å². The van der Waals surface area contributed by atoms with Crippen LogP contribution in [0.25, 0.3) is 0 Å². The van der Waals surface area contributed by atoms with Crippen molar-refractivity contribution in [2.24, 2.45) is 5.41 Å². The zero-order valence-corrected chi connectivity index (χ0v) is 12.4. The summed E-state index contributed by atoms with van der Waals surface area (Å²) < 4.78 is 15.8. The zero-order valence-electron chi connectivity index (χ0n) is 11.6. The van der Waals surface area contributed by atoms with E-state index in [1.165, 1.54) is 18.9 Å². The molecule has 0 aromatic rings. The number of hydrogen-bond acceptors (Lipinski definition) is 5. The third-order valence-electron chi connectivity index (χ3n) is 3.35. The molecule has 6 nitrogen and oxygen atoms in total. The first-order valence-electron chi connectivity index (χ1n) is 6.02. The van der Waals surface area contributed by atoms with Gasteiger partial charge in [0.25, 0.3) is 0 Å². The van der Waals surface area contributed by atoms with Gasteiger partial charge in [0.15, 0.2) is 4.87 Å². The molecule has 108 valence electrons. The van der Waals surface area contributed by atoms with Gasteiger partial charge in [0.05, 0.1) is 7.11 Å². The highest BCUT2D eigenvalue weighted by atomic mass is 35.5. The van der Waals surface area contributed by atoms with Gasteiger partial charge in [-0.25, -0.2) is 14.5 Å². The van der Waals surface area contributed by atoms with Crippen molar-refractivity contribution in [2.45, 2.75) is 51.1 Å². The van der Waals surface area contributed by atoms with Crippen molar-refractivity contribution in [3.05, 3.63) is 0 Å².